The van der Waals surface area contributed by atoms with Gasteiger partial charge in [0, 0.05) is 13.0 Å². The number of amides is 1. The number of carbonyl (C=O) groups is 1. The molecule has 0 aromatic carbocycles. The van der Waals surface area contributed by atoms with Crippen molar-refractivity contribution in [1.82, 2.24) is 15.5 Å². The number of nitrogens with zero attached hydrogens (tertiary/aromatic N) is 2. The lowest BCUT2D eigenvalue weighted by molar-refractivity contribution is 0.0894. The lowest BCUT2D eigenvalue weighted by Crippen LogP contribution is -2.38. The first kappa shape index (κ1) is 12.9. The molecule has 0 spiro atoms. The number of alkyl halides is 1. The van der Waals surface area contributed by atoms with Crippen LogP contribution in [0.3, 0.4) is 0 Å². The van der Waals surface area contributed by atoms with Gasteiger partial charge in [-0.25, -0.2) is 0 Å². The van der Waals surface area contributed by atoms with Crippen LogP contribution >= 0.6 is 11.6 Å². The minimum atomic E-state index is -0.193. The van der Waals surface area contributed by atoms with Crippen molar-refractivity contribution >= 4 is 17.5 Å². The Kier molecular flexibility index (Phi) is 5.74. The fourth-order valence-electron chi connectivity index (χ4n) is 1.22. The largest absolute Gasteiger partial charge is 0.383 e. The van der Waals surface area contributed by atoms with E-state index in [4.69, 9.17) is 16.3 Å². The number of aromatic nitrogens is 2. The van der Waals surface area contributed by atoms with Crippen molar-refractivity contribution in [1.29, 1.82) is 0 Å². The molecule has 1 aromatic heterocycles. The molecule has 1 heterocycles. The molecule has 5 nitrogen and oxygen atoms in total. The Hall–Kier alpha value is -1.20. The molecular weight excluding hydrogens is 230 g/mol. The summed E-state index contributed by atoms with van der Waals surface area (Å²) in [6, 6.07) is 1.52. The monoisotopic (exact) mass is 243 g/mol. The van der Waals surface area contributed by atoms with Gasteiger partial charge in [-0.3, -0.25) is 4.79 Å². The van der Waals surface area contributed by atoms with E-state index >= 15 is 0 Å². The first-order valence-corrected chi connectivity index (χ1v) is 5.44. The zero-order valence-electron chi connectivity index (χ0n) is 9.02. The van der Waals surface area contributed by atoms with Gasteiger partial charge in [0.1, 0.15) is 0 Å². The van der Waals surface area contributed by atoms with E-state index in [1.165, 1.54) is 12.4 Å². The maximum atomic E-state index is 11.7. The standard InChI is InChI=1S/C10H14ClN3O2/c1-16-7-9(2-4-11)14-10(15)8-3-5-12-13-6-8/h3,5-6,9H,2,4,7H2,1H3,(H,14,15). The molecule has 1 aromatic rings. The minimum Gasteiger partial charge on any atom is -0.383 e. The third-order valence-electron chi connectivity index (χ3n) is 2.01. The summed E-state index contributed by atoms with van der Waals surface area (Å²) in [5.41, 5.74) is 0.477. The Morgan fingerprint density at radius 3 is 3.00 bits per heavy atom. The van der Waals surface area contributed by atoms with Crippen LogP contribution in [0.1, 0.15) is 16.8 Å². The summed E-state index contributed by atoms with van der Waals surface area (Å²) in [6.45, 7) is 0.441. The molecule has 88 valence electrons. The van der Waals surface area contributed by atoms with Crippen LogP contribution in [-0.2, 0) is 4.74 Å². The smallest absolute Gasteiger partial charge is 0.253 e. The molecule has 0 bridgehead atoms. The number of ether oxygens (including phenoxy) is 1. The van der Waals surface area contributed by atoms with E-state index in [9.17, 15) is 4.79 Å². The first-order chi connectivity index (χ1) is 7.77. The average Bonchev–Trinajstić information content (AvgIpc) is 2.31. The number of carbonyl (C=O) groups excluding carboxylic acids is 1. The maximum Gasteiger partial charge on any atom is 0.253 e. The van der Waals surface area contributed by atoms with Crippen LogP contribution < -0.4 is 5.32 Å². The van der Waals surface area contributed by atoms with Crippen LogP contribution in [0.2, 0.25) is 0 Å². The predicted molar refractivity (Wildman–Crippen MR) is 60.5 cm³/mol. The summed E-state index contributed by atoms with van der Waals surface area (Å²) in [5.74, 6) is 0.283. The summed E-state index contributed by atoms with van der Waals surface area (Å²) in [6.07, 6.45) is 3.56. The van der Waals surface area contributed by atoms with E-state index in [1.807, 2.05) is 0 Å². The van der Waals surface area contributed by atoms with Crippen LogP contribution in [0.5, 0.6) is 0 Å². The van der Waals surface area contributed by atoms with Gasteiger partial charge in [-0.2, -0.15) is 10.2 Å². The van der Waals surface area contributed by atoms with Crippen molar-refractivity contribution in [2.45, 2.75) is 12.5 Å². The second-order valence-corrected chi connectivity index (χ2v) is 3.61. The van der Waals surface area contributed by atoms with Crippen LogP contribution in [-0.4, -0.2) is 41.7 Å². The van der Waals surface area contributed by atoms with E-state index in [2.05, 4.69) is 15.5 Å². The van der Waals surface area contributed by atoms with Crippen molar-refractivity contribution in [2.24, 2.45) is 0 Å². The molecule has 0 radical (unpaired) electrons. The molecule has 1 unspecified atom stereocenters. The Balaban J connectivity index is 2.54. The second kappa shape index (κ2) is 7.14. The van der Waals surface area contributed by atoms with Crippen molar-refractivity contribution in [3.63, 3.8) is 0 Å². The fourth-order valence-corrected chi connectivity index (χ4v) is 1.49. The van der Waals surface area contributed by atoms with Crippen molar-refractivity contribution in [3.05, 3.63) is 24.0 Å². The highest BCUT2D eigenvalue weighted by molar-refractivity contribution is 6.17. The van der Waals surface area contributed by atoms with E-state index in [0.29, 0.717) is 24.5 Å². The van der Waals surface area contributed by atoms with E-state index in [0.717, 1.165) is 0 Å². The Morgan fingerprint density at radius 2 is 2.44 bits per heavy atom. The van der Waals surface area contributed by atoms with Gasteiger partial charge in [0.15, 0.2) is 0 Å². The Morgan fingerprint density at radius 1 is 1.62 bits per heavy atom. The van der Waals surface area contributed by atoms with Gasteiger partial charge < -0.3 is 10.1 Å². The zero-order valence-corrected chi connectivity index (χ0v) is 9.78. The number of rotatable bonds is 6. The lowest BCUT2D eigenvalue weighted by Gasteiger charge is -2.16. The maximum absolute atomic E-state index is 11.7. The molecule has 16 heavy (non-hydrogen) atoms. The highest BCUT2D eigenvalue weighted by Gasteiger charge is 2.13. The van der Waals surface area contributed by atoms with Gasteiger partial charge in [0.05, 0.1) is 30.6 Å². The third-order valence-corrected chi connectivity index (χ3v) is 2.23. The summed E-state index contributed by atoms with van der Waals surface area (Å²) in [7, 11) is 1.58. The van der Waals surface area contributed by atoms with E-state index < -0.39 is 0 Å². The number of nitrogens with one attached hydrogen (secondary N) is 1. The molecular formula is C10H14ClN3O2. The topological polar surface area (TPSA) is 64.1 Å². The highest BCUT2D eigenvalue weighted by atomic mass is 35.5. The molecule has 0 aliphatic carbocycles. The fraction of sp³-hybridized carbons (Fsp3) is 0.500. The number of methoxy groups -OCH3 is 1. The highest BCUT2D eigenvalue weighted by Crippen LogP contribution is 1.99. The Bertz CT molecular complexity index is 315. The van der Waals surface area contributed by atoms with Crippen LogP contribution in [0.4, 0.5) is 0 Å². The van der Waals surface area contributed by atoms with E-state index in [-0.39, 0.29) is 11.9 Å². The SMILES string of the molecule is COCC(CCCl)NC(=O)c1ccnnc1. The predicted octanol–water partition coefficient (Wildman–Crippen LogP) is 0.850. The Labute approximate surface area is 99.2 Å². The van der Waals surface area contributed by atoms with Gasteiger partial charge in [0.2, 0.25) is 0 Å². The van der Waals surface area contributed by atoms with Gasteiger partial charge in [-0.15, -0.1) is 11.6 Å². The molecule has 1 rings (SSSR count). The van der Waals surface area contributed by atoms with Crippen molar-refractivity contribution < 1.29 is 9.53 Å². The zero-order chi connectivity index (χ0) is 11.8. The molecule has 6 heteroatoms. The summed E-state index contributed by atoms with van der Waals surface area (Å²) < 4.78 is 4.99. The van der Waals surface area contributed by atoms with E-state index in [1.54, 1.807) is 13.2 Å². The summed E-state index contributed by atoms with van der Waals surface area (Å²) >= 11 is 5.63. The van der Waals surface area contributed by atoms with Gasteiger partial charge in [-0.1, -0.05) is 0 Å². The molecule has 0 saturated heterocycles. The minimum absolute atomic E-state index is 0.0804. The molecule has 0 fully saturated rings. The molecule has 1 atom stereocenters. The quantitative estimate of drug-likeness (QED) is 0.753. The molecule has 0 aliphatic heterocycles. The summed E-state index contributed by atoms with van der Waals surface area (Å²) in [5, 5.41) is 10.1. The van der Waals surface area contributed by atoms with Crippen LogP contribution in [0.15, 0.2) is 18.5 Å². The number of halogens is 1. The lowest BCUT2D eigenvalue weighted by atomic mass is 10.2. The second-order valence-electron chi connectivity index (χ2n) is 3.23. The summed E-state index contributed by atoms with van der Waals surface area (Å²) in [4.78, 5) is 11.7. The first-order valence-electron chi connectivity index (χ1n) is 4.90. The van der Waals surface area contributed by atoms with Gasteiger partial charge >= 0.3 is 0 Å². The van der Waals surface area contributed by atoms with Crippen LogP contribution in [0, 0.1) is 0 Å². The van der Waals surface area contributed by atoms with Crippen LogP contribution in [0.25, 0.3) is 0 Å². The molecule has 1 N–H and O–H groups in total. The molecule has 0 saturated carbocycles. The van der Waals surface area contributed by atoms with Gasteiger partial charge in [-0.05, 0) is 12.5 Å². The molecule has 1 amide bonds. The average molecular weight is 244 g/mol. The number of hydrogen-bond donors (Lipinski definition) is 1. The third kappa shape index (κ3) is 4.12. The van der Waals surface area contributed by atoms with Crippen molar-refractivity contribution in [3.8, 4) is 0 Å². The van der Waals surface area contributed by atoms with Crippen molar-refractivity contribution in [2.75, 3.05) is 19.6 Å². The normalized spacial score (nSPS) is 12.1. The molecule has 0 aliphatic rings. The van der Waals surface area contributed by atoms with Gasteiger partial charge in [0.25, 0.3) is 5.91 Å². The number of hydrogen-bond acceptors (Lipinski definition) is 4.